The molecule has 4 nitrogen and oxygen atoms in total. The molecule has 0 aromatic heterocycles. The summed E-state index contributed by atoms with van der Waals surface area (Å²) in [6.45, 7) is 3.54. The van der Waals surface area contributed by atoms with Crippen LogP contribution < -0.4 is 0 Å². The number of ether oxygens (including phenoxy) is 3. The van der Waals surface area contributed by atoms with Gasteiger partial charge in [-0.05, 0) is 6.92 Å². The van der Waals surface area contributed by atoms with E-state index in [1.165, 1.54) is 18.9 Å². The number of methoxy groups -OCH3 is 2. The van der Waals surface area contributed by atoms with E-state index in [0.29, 0.717) is 5.75 Å². The Morgan fingerprint density at radius 3 is 2.46 bits per heavy atom. The van der Waals surface area contributed by atoms with Gasteiger partial charge < -0.3 is 14.2 Å². The van der Waals surface area contributed by atoms with E-state index in [-0.39, 0.29) is 5.97 Å². The van der Waals surface area contributed by atoms with Crippen molar-refractivity contribution >= 4 is 17.7 Å². The fourth-order valence-electron chi connectivity index (χ4n) is 1.14. The molecular formula is C8H14O4S. The summed E-state index contributed by atoms with van der Waals surface area (Å²) >= 11 is 1.38. The molecule has 1 saturated heterocycles. The summed E-state index contributed by atoms with van der Waals surface area (Å²) in [4.78, 5) is 10.4. The third kappa shape index (κ3) is 1.68. The maximum absolute atomic E-state index is 11.1. The van der Waals surface area contributed by atoms with Crippen molar-refractivity contribution in [1.29, 1.82) is 0 Å². The van der Waals surface area contributed by atoms with Crippen LogP contribution in [0.15, 0.2) is 0 Å². The van der Waals surface area contributed by atoms with Crippen molar-refractivity contribution in [3.05, 3.63) is 0 Å². The lowest BCUT2D eigenvalue weighted by atomic mass is 10.2. The fourth-order valence-corrected chi connectivity index (χ4v) is 2.10. The molecule has 76 valence electrons. The van der Waals surface area contributed by atoms with Gasteiger partial charge in [0.2, 0.25) is 5.79 Å². The minimum absolute atomic E-state index is 0.274. The first-order valence-corrected chi connectivity index (χ1v) is 4.92. The van der Waals surface area contributed by atoms with E-state index in [2.05, 4.69) is 0 Å². The van der Waals surface area contributed by atoms with Crippen molar-refractivity contribution in [2.24, 2.45) is 0 Å². The fraction of sp³-hybridized carbons (Fsp3) is 0.875. The molecule has 0 unspecified atom stereocenters. The van der Waals surface area contributed by atoms with Gasteiger partial charge in [-0.25, -0.2) is 0 Å². The van der Waals surface area contributed by atoms with Crippen LogP contribution in [0.2, 0.25) is 0 Å². The zero-order chi connectivity index (χ0) is 10.1. The molecule has 1 fully saturated rings. The Morgan fingerprint density at radius 2 is 2.00 bits per heavy atom. The third-order valence-corrected chi connectivity index (χ3v) is 3.85. The van der Waals surface area contributed by atoms with Crippen LogP contribution in [0.3, 0.4) is 0 Å². The average Bonchev–Trinajstić information content (AvgIpc) is 2.12. The van der Waals surface area contributed by atoms with Gasteiger partial charge in [0.15, 0.2) is 4.93 Å². The van der Waals surface area contributed by atoms with Gasteiger partial charge in [-0.2, -0.15) is 0 Å². The average molecular weight is 206 g/mol. The van der Waals surface area contributed by atoms with Crippen molar-refractivity contribution in [3.63, 3.8) is 0 Å². The van der Waals surface area contributed by atoms with Gasteiger partial charge in [0, 0.05) is 21.1 Å². The van der Waals surface area contributed by atoms with Crippen LogP contribution in [-0.2, 0) is 19.0 Å². The number of esters is 1. The summed E-state index contributed by atoms with van der Waals surface area (Å²) in [5.74, 6) is -0.991. The largest absolute Gasteiger partial charge is 0.429 e. The van der Waals surface area contributed by atoms with Gasteiger partial charge >= 0.3 is 5.97 Å². The molecule has 1 heterocycles. The molecule has 13 heavy (non-hydrogen) atoms. The van der Waals surface area contributed by atoms with E-state index < -0.39 is 10.7 Å². The maximum Gasteiger partial charge on any atom is 0.318 e. The minimum atomic E-state index is -1.01. The summed E-state index contributed by atoms with van der Waals surface area (Å²) in [6, 6.07) is 0. The molecule has 1 aliphatic rings. The number of thioether (sulfide) groups is 1. The molecular weight excluding hydrogens is 192 g/mol. The standard InChI is InChI=1S/C8H14O4S/c1-7(10-3)8(2,11-4)13-5-6(9)12-7/h5H2,1-4H3/t7-,8-/m1/s1. The molecule has 1 aliphatic heterocycles. The quantitative estimate of drug-likeness (QED) is 0.631. The number of hydrogen-bond donors (Lipinski definition) is 0. The Hall–Kier alpha value is -0.260. The summed E-state index contributed by atoms with van der Waals surface area (Å²) in [5, 5.41) is 0. The second-order valence-electron chi connectivity index (χ2n) is 3.06. The SMILES string of the molecule is CO[C@]1(C)OC(=O)CS[C@@]1(C)OC. The zero-order valence-electron chi connectivity index (χ0n) is 8.25. The second kappa shape index (κ2) is 3.48. The van der Waals surface area contributed by atoms with Gasteiger partial charge in [-0.1, -0.05) is 0 Å². The van der Waals surface area contributed by atoms with Crippen LogP contribution in [0, 0.1) is 0 Å². The first-order chi connectivity index (χ1) is 5.97. The zero-order valence-corrected chi connectivity index (χ0v) is 9.06. The summed E-state index contributed by atoms with van der Waals surface area (Å²) in [6.07, 6.45) is 0. The predicted octanol–water partition coefficient (Wildman–Crippen LogP) is 1.00. The molecule has 0 aromatic carbocycles. The Kier molecular flexibility index (Phi) is 2.89. The Labute approximate surface area is 81.9 Å². The van der Waals surface area contributed by atoms with E-state index in [9.17, 15) is 4.79 Å². The van der Waals surface area contributed by atoms with Crippen LogP contribution in [0.4, 0.5) is 0 Å². The molecule has 0 aromatic rings. The van der Waals surface area contributed by atoms with E-state index in [1.54, 1.807) is 14.0 Å². The molecule has 0 aliphatic carbocycles. The molecule has 1 rings (SSSR count). The van der Waals surface area contributed by atoms with Crippen molar-refractivity contribution in [3.8, 4) is 0 Å². The molecule has 5 heteroatoms. The number of cyclic esters (lactones) is 1. The highest BCUT2D eigenvalue weighted by atomic mass is 32.2. The molecule has 0 radical (unpaired) electrons. The maximum atomic E-state index is 11.1. The van der Waals surface area contributed by atoms with Gasteiger partial charge in [0.25, 0.3) is 0 Å². The van der Waals surface area contributed by atoms with Gasteiger partial charge in [-0.3, -0.25) is 4.79 Å². The Morgan fingerprint density at radius 1 is 1.38 bits per heavy atom. The van der Waals surface area contributed by atoms with Crippen molar-refractivity contribution < 1.29 is 19.0 Å². The van der Waals surface area contributed by atoms with Crippen LogP contribution in [0.25, 0.3) is 0 Å². The van der Waals surface area contributed by atoms with E-state index >= 15 is 0 Å². The molecule has 0 bridgehead atoms. The third-order valence-electron chi connectivity index (χ3n) is 2.38. The van der Waals surface area contributed by atoms with Crippen LogP contribution in [0.5, 0.6) is 0 Å². The topological polar surface area (TPSA) is 44.8 Å². The number of carbonyl (C=O) groups excluding carboxylic acids is 1. The molecule has 0 amide bonds. The van der Waals surface area contributed by atoms with Gasteiger partial charge in [0.1, 0.15) is 0 Å². The smallest absolute Gasteiger partial charge is 0.318 e. The van der Waals surface area contributed by atoms with E-state index in [4.69, 9.17) is 14.2 Å². The summed E-state index contributed by atoms with van der Waals surface area (Å²) < 4.78 is 15.6. The lowest BCUT2D eigenvalue weighted by molar-refractivity contribution is -0.264. The number of hydrogen-bond acceptors (Lipinski definition) is 5. The first-order valence-electron chi connectivity index (χ1n) is 3.93. The molecule has 0 N–H and O–H groups in total. The van der Waals surface area contributed by atoms with Crippen molar-refractivity contribution in [2.75, 3.05) is 20.0 Å². The summed E-state index contributed by atoms with van der Waals surface area (Å²) in [5.41, 5.74) is 0. The Bertz CT molecular complexity index is 220. The van der Waals surface area contributed by atoms with E-state index in [0.717, 1.165) is 0 Å². The van der Waals surface area contributed by atoms with Crippen LogP contribution >= 0.6 is 11.8 Å². The van der Waals surface area contributed by atoms with Gasteiger partial charge in [0.05, 0.1) is 5.75 Å². The first kappa shape index (κ1) is 10.8. The highest BCUT2D eigenvalue weighted by molar-refractivity contribution is 8.01. The monoisotopic (exact) mass is 206 g/mol. The van der Waals surface area contributed by atoms with Crippen LogP contribution in [0.1, 0.15) is 13.8 Å². The normalized spacial score (nSPS) is 40.2. The number of rotatable bonds is 2. The highest BCUT2D eigenvalue weighted by Crippen LogP contribution is 2.43. The second-order valence-corrected chi connectivity index (χ2v) is 4.42. The van der Waals surface area contributed by atoms with E-state index in [1.807, 2.05) is 6.92 Å². The van der Waals surface area contributed by atoms with Crippen molar-refractivity contribution in [1.82, 2.24) is 0 Å². The molecule has 0 saturated carbocycles. The lowest BCUT2D eigenvalue weighted by Crippen LogP contribution is -2.56. The molecule has 2 atom stereocenters. The van der Waals surface area contributed by atoms with Crippen molar-refractivity contribution in [2.45, 2.75) is 24.6 Å². The predicted molar refractivity (Wildman–Crippen MR) is 49.4 cm³/mol. The Balaban J connectivity index is 2.90. The van der Waals surface area contributed by atoms with Crippen LogP contribution in [-0.4, -0.2) is 36.7 Å². The van der Waals surface area contributed by atoms with Gasteiger partial charge in [-0.15, -0.1) is 11.8 Å². The summed E-state index contributed by atoms with van der Waals surface area (Å²) in [7, 11) is 3.07. The molecule has 0 spiro atoms. The minimum Gasteiger partial charge on any atom is -0.429 e. The lowest BCUT2D eigenvalue weighted by Gasteiger charge is -2.45. The highest BCUT2D eigenvalue weighted by Gasteiger charge is 2.53. The number of carbonyl (C=O) groups is 1.